The molecule has 0 fully saturated rings. The van der Waals surface area contributed by atoms with Gasteiger partial charge in [0, 0.05) is 37.6 Å². The van der Waals surface area contributed by atoms with Crippen molar-refractivity contribution in [2.75, 3.05) is 43.9 Å². The van der Waals surface area contributed by atoms with Gasteiger partial charge in [0.25, 0.3) is 0 Å². The number of halogens is 2. The summed E-state index contributed by atoms with van der Waals surface area (Å²) in [4.78, 5) is 2.37. The van der Waals surface area contributed by atoms with Crippen LogP contribution in [0.4, 0.5) is 11.4 Å². The summed E-state index contributed by atoms with van der Waals surface area (Å²) < 4.78 is 0. The molecule has 0 amide bonds. The average Bonchev–Trinajstić information content (AvgIpc) is 2.52. The molecule has 3 nitrogen and oxygen atoms in total. The second kappa shape index (κ2) is 14.3. The zero-order valence-electron chi connectivity index (χ0n) is 18.6. The molecular weight excluding hydrogens is 497 g/mol. The predicted molar refractivity (Wildman–Crippen MR) is 116 cm³/mol. The molecule has 0 bridgehead atoms. The number of likely N-dealkylation sites (N-methyl/N-ethyl adjacent to an activating group) is 1. The number of anilines is 2. The van der Waals surface area contributed by atoms with Crippen molar-refractivity contribution in [2.24, 2.45) is 0 Å². The number of aryl methyl sites for hydroxylation is 6. The van der Waals surface area contributed by atoms with Gasteiger partial charge in [-0.15, -0.1) is 0 Å². The van der Waals surface area contributed by atoms with Gasteiger partial charge in [-0.2, -0.15) is 0 Å². The van der Waals surface area contributed by atoms with Crippen LogP contribution < -0.4 is 35.4 Å². The molecule has 0 saturated heterocycles. The molecule has 1 radical (unpaired) electrons. The van der Waals surface area contributed by atoms with E-state index in [4.69, 9.17) is 0 Å². The van der Waals surface area contributed by atoms with Crippen LogP contribution in [0.2, 0.25) is 0 Å². The van der Waals surface area contributed by atoms with Crippen LogP contribution in [0.15, 0.2) is 24.3 Å². The fourth-order valence-corrected chi connectivity index (χ4v) is 3.77. The van der Waals surface area contributed by atoms with Gasteiger partial charge in [0.05, 0.1) is 0 Å². The van der Waals surface area contributed by atoms with E-state index in [1.807, 2.05) is 0 Å². The second-order valence-corrected chi connectivity index (χ2v) is 7.70. The van der Waals surface area contributed by atoms with Crippen molar-refractivity contribution in [2.45, 2.75) is 41.5 Å². The van der Waals surface area contributed by atoms with E-state index in [1.54, 1.807) is 0 Å². The third-order valence-corrected chi connectivity index (χ3v) is 4.94. The maximum Gasteiger partial charge on any atom is 2.00 e. The van der Waals surface area contributed by atoms with Crippen molar-refractivity contribution in [3.8, 4) is 0 Å². The molecule has 0 spiro atoms. The number of nitrogens with zero attached hydrogens (tertiary/aromatic N) is 1. The Morgan fingerprint density at radius 1 is 0.621 bits per heavy atom. The van der Waals surface area contributed by atoms with Gasteiger partial charge in [0.2, 0.25) is 0 Å². The SMILES string of the molecule is Cc1cc(C)c(NCCN(C)CCNc2c(C)cc(C)cc2C)c(C)c1.[Ag+2].[Cl-].[Cl-]. The Hall–Kier alpha value is -0.680. The van der Waals surface area contributed by atoms with Crippen LogP contribution in [0.25, 0.3) is 0 Å². The Bertz CT molecular complexity index is 656. The standard InChI is InChI=1S/C23H35N3.Ag.2ClH/c1-16-12-18(3)22(19(4)13-16)24-8-10-26(7)11-9-25-23-20(5)14-17(2)15-21(23)6;;;/h12-15,24-25H,8-11H2,1-7H3;;2*1H/q;+2;;/p-2. The Morgan fingerprint density at radius 3 is 1.17 bits per heavy atom. The summed E-state index contributed by atoms with van der Waals surface area (Å²) in [7, 11) is 2.19. The van der Waals surface area contributed by atoms with E-state index in [2.05, 4.69) is 88.4 Å². The maximum absolute atomic E-state index is 3.61. The molecule has 0 aliphatic heterocycles. The molecule has 2 N–H and O–H groups in total. The van der Waals surface area contributed by atoms with Crippen molar-refractivity contribution in [1.29, 1.82) is 0 Å². The van der Waals surface area contributed by atoms with Crippen LogP contribution >= 0.6 is 0 Å². The molecular formula is C23H35AgCl2N3. The summed E-state index contributed by atoms with van der Waals surface area (Å²) in [5, 5.41) is 7.22. The third kappa shape index (κ3) is 9.33. The van der Waals surface area contributed by atoms with E-state index in [0.717, 1.165) is 26.2 Å². The minimum Gasteiger partial charge on any atom is -1.00 e. The van der Waals surface area contributed by atoms with Gasteiger partial charge in [0.15, 0.2) is 0 Å². The molecule has 29 heavy (non-hydrogen) atoms. The summed E-state index contributed by atoms with van der Waals surface area (Å²) in [6, 6.07) is 8.98. The number of benzene rings is 2. The van der Waals surface area contributed by atoms with E-state index in [0.29, 0.717) is 0 Å². The van der Waals surface area contributed by atoms with Crippen LogP contribution in [0, 0.1) is 41.5 Å². The molecule has 2 aromatic rings. The first-order valence-corrected chi connectivity index (χ1v) is 9.60. The summed E-state index contributed by atoms with van der Waals surface area (Å²) in [5.74, 6) is 0. The Kier molecular flexibility index (Phi) is 15.1. The number of nitrogens with one attached hydrogen (secondary N) is 2. The van der Waals surface area contributed by atoms with Gasteiger partial charge in [-0.3, -0.25) is 0 Å². The molecule has 0 heterocycles. The fourth-order valence-electron chi connectivity index (χ4n) is 3.77. The Morgan fingerprint density at radius 2 is 0.897 bits per heavy atom. The number of hydrogen-bond donors (Lipinski definition) is 2. The van der Waals surface area contributed by atoms with E-state index in [9.17, 15) is 0 Å². The Labute approximate surface area is 205 Å². The second-order valence-electron chi connectivity index (χ2n) is 7.70. The van der Waals surface area contributed by atoms with E-state index < -0.39 is 0 Å². The van der Waals surface area contributed by atoms with E-state index in [-0.39, 0.29) is 47.2 Å². The molecule has 167 valence electrons. The monoisotopic (exact) mass is 530 g/mol. The zero-order valence-corrected chi connectivity index (χ0v) is 21.6. The van der Waals surface area contributed by atoms with Gasteiger partial charge < -0.3 is 40.3 Å². The topological polar surface area (TPSA) is 27.3 Å². The van der Waals surface area contributed by atoms with Crippen molar-refractivity contribution in [3.63, 3.8) is 0 Å². The van der Waals surface area contributed by atoms with Gasteiger partial charge in [0.1, 0.15) is 0 Å². The molecule has 0 saturated carbocycles. The smallest absolute Gasteiger partial charge is 1.00 e. The van der Waals surface area contributed by atoms with Gasteiger partial charge in [-0.05, 0) is 70.8 Å². The van der Waals surface area contributed by atoms with Crippen molar-refractivity contribution in [1.82, 2.24) is 4.90 Å². The molecule has 0 aliphatic rings. The van der Waals surface area contributed by atoms with Crippen molar-refractivity contribution < 1.29 is 47.2 Å². The van der Waals surface area contributed by atoms with Crippen LogP contribution in [0.3, 0.4) is 0 Å². The number of hydrogen-bond acceptors (Lipinski definition) is 3. The molecule has 0 aromatic heterocycles. The van der Waals surface area contributed by atoms with Crippen LogP contribution in [-0.4, -0.2) is 38.1 Å². The molecule has 2 aromatic carbocycles. The first kappa shape index (κ1) is 30.5. The first-order valence-electron chi connectivity index (χ1n) is 9.60. The van der Waals surface area contributed by atoms with Crippen molar-refractivity contribution >= 4 is 11.4 Å². The van der Waals surface area contributed by atoms with Crippen molar-refractivity contribution in [3.05, 3.63) is 57.6 Å². The first-order chi connectivity index (χ1) is 12.3. The minimum atomic E-state index is 0. The van der Waals surface area contributed by atoms with Gasteiger partial charge in [-0.25, -0.2) is 0 Å². The Balaban J connectivity index is 0. The minimum absolute atomic E-state index is 0. The number of rotatable bonds is 8. The van der Waals surface area contributed by atoms with E-state index in [1.165, 1.54) is 44.8 Å². The van der Waals surface area contributed by atoms with Gasteiger partial charge in [-0.1, -0.05) is 35.4 Å². The molecule has 6 heteroatoms. The van der Waals surface area contributed by atoms with Gasteiger partial charge >= 0.3 is 22.4 Å². The largest absolute Gasteiger partial charge is 2.00 e. The van der Waals surface area contributed by atoms with E-state index >= 15 is 0 Å². The molecule has 0 unspecified atom stereocenters. The maximum atomic E-state index is 3.61. The molecule has 0 aliphatic carbocycles. The summed E-state index contributed by atoms with van der Waals surface area (Å²) in [6.45, 7) is 17.0. The third-order valence-electron chi connectivity index (χ3n) is 4.94. The van der Waals surface area contributed by atoms with Crippen LogP contribution in [-0.2, 0) is 22.4 Å². The average molecular weight is 532 g/mol. The summed E-state index contributed by atoms with van der Waals surface area (Å²) in [5.41, 5.74) is 10.6. The zero-order chi connectivity index (χ0) is 19.3. The van der Waals surface area contributed by atoms with Crippen LogP contribution in [0.1, 0.15) is 33.4 Å². The quantitative estimate of drug-likeness (QED) is 0.428. The summed E-state index contributed by atoms with van der Waals surface area (Å²) >= 11 is 0. The molecule has 2 rings (SSSR count). The molecule has 0 atom stereocenters. The van der Waals surface area contributed by atoms with Crippen LogP contribution in [0.5, 0.6) is 0 Å². The normalized spacial score (nSPS) is 9.93. The predicted octanol–water partition coefficient (Wildman–Crippen LogP) is -1.00. The fraction of sp³-hybridized carbons (Fsp3) is 0.478. The summed E-state index contributed by atoms with van der Waals surface area (Å²) in [6.07, 6.45) is 0.